The van der Waals surface area contributed by atoms with Crippen LogP contribution in [-0.4, -0.2) is 14.9 Å². The summed E-state index contributed by atoms with van der Waals surface area (Å²) in [6.45, 7) is 0. The van der Waals surface area contributed by atoms with Gasteiger partial charge in [-0.05, 0) is 34.1 Å². The molecule has 1 aromatic heterocycles. The van der Waals surface area contributed by atoms with Gasteiger partial charge in [0.25, 0.3) is 0 Å². The highest BCUT2D eigenvalue weighted by Crippen LogP contribution is 2.33. The minimum atomic E-state index is -0.747. The van der Waals surface area contributed by atoms with Crippen molar-refractivity contribution in [1.82, 2.24) is 9.97 Å². The summed E-state index contributed by atoms with van der Waals surface area (Å²) < 4.78 is 18.4. The van der Waals surface area contributed by atoms with E-state index in [0.717, 1.165) is 12.4 Å². The summed E-state index contributed by atoms with van der Waals surface area (Å²) in [6.07, 6.45) is 1.04. The molecule has 2 rings (SSSR count). The Morgan fingerprint density at radius 1 is 1.42 bits per heavy atom. The van der Waals surface area contributed by atoms with Crippen LogP contribution < -0.4 is 10.5 Å². The van der Waals surface area contributed by atoms with Crippen molar-refractivity contribution < 1.29 is 14.1 Å². The quantitative estimate of drug-likeness (QED) is 0.686. The van der Waals surface area contributed by atoms with Crippen molar-refractivity contribution in [3.63, 3.8) is 0 Å². The fourth-order valence-corrected chi connectivity index (χ4v) is 1.63. The zero-order valence-corrected chi connectivity index (χ0v) is 10.8. The highest BCUT2D eigenvalue weighted by molar-refractivity contribution is 9.10. The van der Waals surface area contributed by atoms with E-state index < -0.39 is 16.4 Å². The number of aromatic nitrogens is 2. The Morgan fingerprint density at radius 2 is 2.16 bits per heavy atom. The zero-order valence-electron chi connectivity index (χ0n) is 9.21. The second kappa shape index (κ2) is 5.14. The first-order valence-corrected chi connectivity index (χ1v) is 5.66. The topological polar surface area (TPSA) is 104 Å². The molecule has 0 saturated heterocycles. The van der Waals surface area contributed by atoms with Gasteiger partial charge in [-0.1, -0.05) is 0 Å². The Balaban J connectivity index is 2.40. The molecule has 0 aliphatic carbocycles. The van der Waals surface area contributed by atoms with Gasteiger partial charge in [-0.3, -0.25) is 10.1 Å². The number of rotatable bonds is 3. The van der Waals surface area contributed by atoms with Gasteiger partial charge in [0.1, 0.15) is 17.9 Å². The van der Waals surface area contributed by atoms with E-state index in [4.69, 9.17) is 10.5 Å². The van der Waals surface area contributed by atoms with Crippen LogP contribution in [0.3, 0.4) is 0 Å². The number of nitrogens with zero attached hydrogens (tertiary/aromatic N) is 3. The molecule has 0 radical (unpaired) electrons. The van der Waals surface area contributed by atoms with E-state index in [9.17, 15) is 14.5 Å². The lowest BCUT2D eigenvalue weighted by Crippen LogP contribution is -2.02. The Labute approximate surface area is 114 Å². The summed E-state index contributed by atoms with van der Waals surface area (Å²) in [5.74, 6) is -0.925. The number of nitrogens with two attached hydrogens (primary N) is 1. The number of nitro groups is 1. The summed E-state index contributed by atoms with van der Waals surface area (Å²) in [7, 11) is 0. The fourth-order valence-electron chi connectivity index (χ4n) is 1.27. The molecule has 0 aliphatic rings. The molecule has 2 N–H and O–H groups in total. The van der Waals surface area contributed by atoms with Crippen molar-refractivity contribution >= 4 is 27.4 Å². The fraction of sp³-hybridized carbons (Fsp3) is 0. The predicted octanol–water partition coefficient (Wildman–Crippen LogP) is 2.66. The van der Waals surface area contributed by atoms with Crippen molar-refractivity contribution in [1.29, 1.82) is 0 Å². The Kier molecular flexibility index (Phi) is 3.56. The van der Waals surface area contributed by atoms with Crippen LogP contribution in [0.25, 0.3) is 0 Å². The average Bonchev–Trinajstić information content (AvgIpc) is 2.33. The average molecular weight is 329 g/mol. The van der Waals surface area contributed by atoms with Crippen molar-refractivity contribution in [2.24, 2.45) is 0 Å². The van der Waals surface area contributed by atoms with Crippen LogP contribution in [0.4, 0.5) is 15.9 Å². The van der Waals surface area contributed by atoms with Crippen molar-refractivity contribution in [3.05, 3.63) is 44.9 Å². The minimum absolute atomic E-state index is 0.162. The smallest absolute Gasteiger partial charge is 0.372 e. The van der Waals surface area contributed by atoms with Crippen molar-refractivity contribution in [3.8, 4) is 11.6 Å². The largest absolute Gasteiger partial charge is 0.434 e. The van der Waals surface area contributed by atoms with Crippen molar-refractivity contribution in [2.75, 3.05) is 5.73 Å². The zero-order chi connectivity index (χ0) is 14.0. The lowest BCUT2D eigenvalue weighted by Gasteiger charge is -2.06. The number of ether oxygens (including phenoxy) is 1. The van der Waals surface area contributed by atoms with E-state index >= 15 is 0 Å². The van der Waals surface area contributed by atoms with Gasteiger partial charge in [0, 0.05) is 0 Å². The molecule has 0 aliphatic heterocycles. The molecule has 1 heterocycles. The summed E-state index contributed by atoms with van der Waals surface area (Å²) in [4.78, 5) is 17.3. The van der Waals surface area contributed by atoms with Crippen LogP contribution in [0, 0.1) is 15.9 Å². The second-order valence-corrected chi connectivity index (χ2v) is 4.20. The Bertz CT molecular complexity index is 653. The summed E-state index contributed by atoms with van der Waals surface area (Å²) in [5, 5.41) is 10.9. The molecule has 9 heteroatoms. The lowest BCUT2D eigenvalue weighted by atomic mass is 10.3. The normalized spacial score (nSPS) is 10.2. The highest BCUT2D eigenvalue weighted by atomic mass is 79.9. The summed E-state index contributed by atoms with van der Waals surface area (Å²) in [5.41, 5.74) is 4.85. The second-order valence-electron chi connectivity index (χ2n) is 3.35. The van der Waals surface area contributed by atoms with Gasteiger partial charge in [-0.2, -0.15) is 4.98 Å². The molecule has 7 nitrogen and oxygen atoms in total. The monoisotopic (exact) mass is 328 g/mol. The Morgan fingerprint density at radius 3 is 2.79 bits per heavy atom. The first-order valence-electron chi connectivity index (χ1n) is 4.87. The maximum atomic E-state index is 13.1. The van der Waals surface area contributed by atoms with E-state index in [2.05, 4.69) is 25.9 Å². The maximum absolute atomic E-state index is 13.1. The number of nitrogen functional groups attached to an aromatic ring is 1. The third-order valence-corrected chi connectivity index (χ3v) is 2.71. The molecular weight excluding hydrogens is 323 g/mol. The van der Waals surface area contributed by atoms with Crippen LogP contribution in [0.15, 0.2) is 29.0 Å². The lowest BCUT2D eigenvalue weighted by molar-refractivity contribution is -0.385. The minimum Gasteiger partial charge on any atom is -0.434 e. The van der Waals surface area contributed by atoms with Crippen LogP contribution in [0.5, 0.6) is 11.6 Å². The van der Waals surface area contributed by atoms with Crippen LogP contribution >= 0.6 is 15.9 Å². The van der Waals surface area contributed by atoms with Gasteiger partial charge < -0.3 is 10.5 Å². The number of halogens is 2. The molecule has 0 bridgehead atoms. The molecule has 1 aromatic carbocycles. The number of hydrogen-bond donors (Lipinski definition) is 1. The summed E-state index contributed by atoms with van der Waals surface area (Å²) >= 11 is 2.98. The van der Waals surface area contributed by atoms with E-state index in [0.29, 0.717) is 0 Å². The summed E-state index contributed by atoms with van der Waals surface area (Å²) in [6, 6.07) is 3.77. The van der Waals surface area contributed by atoms with Gasteiger partial charge in [-0.15, -0.1) is 0 Å². The van der Waals surface area contributed by atoms with E-state index in [1.807, 2.05) is 0 Å². The third kappa shape index (κ3) is 2.76. The van der Waals surface area contributed by atoms with Gasteiger partial charge in [0.2, 0.25) is 5.82 Å². The van der Waals surface area contributed by atoms with Gasteiger partial charge in [-0.25, -0.2) is 9.37 Å². The molecular formula is C10H6BrFN4O3. The standard InChI is InChI=1S/C10H6BrFN4O3/c11-6-3-5(1-2-7(6)12)19-10-8(16(17)18)9(13)14-4-15-10/h1-4H,(H2,13,14,15). The van der Waals surface area contributed by atoms with Crippen LogP contribution in [0.1, 0.15) is 0 Å². The molecule has 0 atom stereocenters. The number of anilines is 1. The molecule has 0 fully saturated rings. The molecule has 0 unspecified atom stereocenters. The first-order chi connectivity index (χ1) is 8.99. The molecule has 0 saturated carbocycles. The van der Waals surface area contributed by atoms with Crippen LogP contribution in [0.2, 0.25) is 0 Å². The molecule has 19 heavy (non-hydrogen) atoms. The SMILES string of the molecule is Nc1ncnc(Oc2ccc(F)c(Br)c2)c1[N+](=O)[O-]. The predicted molar refractivity (Wildman–Crippen MR) is 67.3 cm³/mol. The van der Waals surface area contributed by atoms with Gasteiger partial charge >= 0.3 is 11.6 Å². The highest BCUT2D eigenvalue weighted by Gasteiger charge is 2.23. The Hall–Kier alpha value is -2.29. The molecule has 0 spiro atoms. The van der Waals surface area contributed by atoms with Gasteiger partial charge in [0.05, 0.1) is 9.40 Å². The first kappa shape index (κ1) is 13.1. The molecule has 0 amide bonds. The van der Waals surface area contributed by atoms with Crippen molar-refractivity contribution in [2.45, 2.75) is 0 Å². The van der Waals surface area contributed by atoms with E-state index in [1.165, 1.54) is 12.1 Å². The number of hydrogen-bond acceptors (Lipinski definition) is 6. The molecule has 98 valence electrons. The van der Waals surface area contributed by atoms with Gasteiger partial charge in [0.15, 0.2) is 0 Å². The van der Waals surface area contributed by atoms with E-state index in [-0.39, 0.29) is 21.9 Å². The maximum Gasteiger partial charge on any atom is 0.372 e. The van der Waals surface area contributed by atoms with Crippen LogP contribution in [-0.2, 0) is 0 Å². The number of benzene rings is 1. The van der Waals surface area contributed by atoms with E-state index in [1.54, 1.807) is 0 Å². The third-order valence-electron chi connectivity index (χ3n) is 2.11. The molecule has 2 aromatic rings.